The molecule has 0 N–H and O–H groups in total. The van der Waals surface area contributed by atoms with Gasteiger partial charge in [-0.1, -0.05) is 51.3 Å². The van der Waals surface area contributed by atoms with Crippen molar-refractivity contribution in [3.05, 3.63) is 52.9 Å². The maximum Gasteiger partial charge on any atom is 0.349 e. The summed E-state index contributed by atoms with van der Waals surface area (Å²) in [7, 11) is 0. The number of aliphatic imine (C=N–C) groups is 1. The zero-order valence-corrected chi connectivity index (χ0v) is 16.4. The van der Waals surface area contributed by atoms with Gasteiger partial charge in [0.15, 0.2) is 0 Å². The number of pyridine rings is 1. The lowest BCUT2D eigenvalue weighted by molar-refractivity contribution is -0.138. The van der Waals surface area contributed by atoms with Gasteiger partial charge in [0.05, 0.1) is 18.0 Å². The average Bonchev–Trinajstić information content (AvgIpc) is 2.85. The van der Waals surface area contributed by atoms with E-state index in [4.69, 9.17) is 4.74 Å². The van der Waals surface area contributed by atoms with E-state index in [0.717, 1.165) is 30.4 Å². The number of aromatic nitrogens is 1. The van der Waals surface area contributed by atoms with Crippen molar-refractivity contribution in [3.63, 3.8) is 0 Å². The maximum atomic E-state index is 12.7. The summed E-state index contributed by atoms with van der Waals surface area (Å²) in [6.45, 7) is 4.65. The van der Waals surface area contributed by atoms with Crippen LogP contribution in [0.25, 0.3) is 11.3 Å². The topological polar surface area (TPSA) is 75.3 Å². The zero-order valence-electron chi connectivity index (χ0n) is 16.4. The summed E-state index contributed by atoms with van der Waals surface area (Å²) in [5.74, 6) is -0.0823. The molecule has 0 radical (unpaired) electrons. The molecule has 0 saturated carbocycles. The van der Waals surface area contributed by atoms with Crippen molar-refractivity contribution in [1.29, 1.82) is 5.26 Å². The quantitative estimate of drug-likeness (QED) is 0.387. The minimum absolute atomic E-state index is 0.0159. The van der Waals surface area contributed by atoms with Gasteiger partial charge in [0.2, 0.25) is 0 Å². The van der Waals surface area contributed by atoms with Gasteiger partial charge in [-0.25, -0.2) is 4.79 Å². The predicted molar refractivity (Wildman–Crippen MR) is 110 cm³/mol. The minimum atomic E-state index is -0.578. The summed E-state index contributed by atoms with van der Waals surface area (Å²) in [5, 5.41) is 9.75. The van der Waals surface area contributed by atoms with Crippen LogP contribution in [0.5, 0.6) is 0 Å². The molecule has 28 heavy (non-hydrogen) atoms. The number of nitrogens with zero attached hydrogens (tertiary/aromatic N) is 3. The van der Waals surface area contributed by atoms with E-state index in [2.05, 4.69) is 29.9 Å². The van der Waals surface area contributed by atoms with Crippen LogP contribution in [0.15, 0.2) is 46.6 Å². The Balaban J connectivity index is 1.87. The van der Waals surface area contributed by atoms with Gasteiger partial charge in [0, 0.05) is 35.5 Å². The molecule has 0 fully saturated rings. The van der Waals surface area contributed by atoms with Gasteiger partial charge in [-0.2, -0.15) is 5.26 Å². The van der Waals surface area contributed by atoms with E-state index in [1.165, 1.54) is 6.42 Å². The number of unbranched alkanes of at least 4 members (excludes halogenated alkanes) is 1. The molecular weight excluding hydrogens is 350 g/mol. The fraction of sp³-hybridized carbons (Fsp3) is 0.391. The molecule has 0 bridgehead atoms. The highest BCUT2D eigenvalue weighted by molar-refractivity contribution is 6.12. The van der Waals surface area contributed by atoms with Gasteiger partial charge in [0.1, 0.15) is 11.6 Å². The second-order valence-corrected chi connectivity index (χ2v) is 7.15. The third-order valence-corrected chi connectivity index (χ3v) is 5.03. The molecule has 1 unspecified atom stereocenters. The Hall–Kier alpha value is -3.00. The van der Waals surface area contributed by atoms with Crippen LogP contribution in [-0.4, -0.2) is 23.8 Å². The van der Waals surface area contributed by atoms with Crippen LogP contribution in [0.3, 0.4) is 0 Å². The third kappa shape index (κ3) is 4.12. The highest BCUT2D eigenvalue weighted by atomic mass is 16.5. The van der Waals surface area contributed by atoms with Crippen LogP contribution < -0.4 is 0 Å². The summed E-state index contributed by atoms with van der Waals surface area (Å²) in [5.41, 5.74) is 3.49. The molecule has 1 aromatic rings. The molecule has 5 heteroatoms. The van der Waals surface area contributed by atoms with Crippen molar-refractivity contribution in [2.24, 2.45) is 10.9 Å². The molecule has 1 aromatic heterocycles. The number of rotatable bonds is 7. The van der Waals surface area contributed by atoms with E-state index in [1.54, 1.807) is 12.3 Å². The summed E-state index contributed by atoms with van der Waals surface area (Å²) >= 11 is 0. The van der Waals surface area contributed by atoms with Crippen molar-refractivity contribution < 1.29 is 9.53 Å². The Bertz CT molecular complexity index is 916. The molecule has 0 amide bonds. The van der Waals surface area contributed by atoms with Crippen molar-refractivity contribution in [1.82, 2.24) is 4.98 Å². The number of carbonyl (C=O) groups is 1. The summed E-state index contributed by atoms with van der Waals surface area (Å²) in [6, 6.07) is 5.74. The summed E-state index contributed by atoms with van der Waals surface area (Å²) < 4.78 is 5.46. The number of esters is 1. The lowest BCUT2D eigenvalue weighted by atomic mass is 9.98. The highest BCUT2D eigenvalue weighted by Crippen LogP contribution is 2.43. The van der Waals surface area contributed by atoms with Crippen molar-refractivity contribution in [2.45, 2.75) is 46.0 Å². The number of carbonyl (C=O) groups excluding carboxylic acids is 1. The maximum absolute atomic E-state index is 12.7. The van der Waals surface area contributed by atoms with Crippen LogP contribution in [0.1, 0.15) is 57.2 Å². The van der Waals surface area contributed by atoms with Gasteiger partial charge in [-0.05, 0) is 18.4 Å². The Morgan fingerprint density at radius 3 is 3.04 bits per heavy atom. The molecule has 1 atom stereocenters. The first-order chi connectivity index (χ1) is 13.7. The molecule has 0 spiro atoms. The first kappa shape index (κ1) is 19.8. The van der Waals surface area contributed by atoms with E-state index < -0.39 is 5.97 Å². The van der Waals surface area contributed by atoms with Gasteiger partial charge in [-0.3, -0.25) is 9.98 Å². The first-order valence-corrected chi connectivity index (χ1v) is 9.88. The molecule has 1 aliphatic carbocycles. The van der Waals surface area contributed by atoms with Crippen molar-refractivity contribution in [2.75, 3.05) is 6.61 Å². The monoisotopic (exact) mass is 375 g/mol. The van der Waals surface area contributed by atoms with Gasteiger partial charge < -0.3 is 4.74 Å². The Morgan fingerprint density at radius 1 is 1.39 bits per heavy atom. The SMILES string of the molecule is CCCCC(C)CCOC(=O)/C(C#N)=C1\C2=C(N=CCC=C2)c2ncccc21. The molecule has 1 aliphatic heterocycles. The molecule has 0 saturated heterocycles. The Kier molecular flexibility index (Phi) is 6.54. The Morgan fingerprint density at radius 2 is 2.25 bits per heavy atom. The standard InChI is InChI=1S/C23H25N3O2/c1-3-4-8-16(2)11-14-28-23(27)19(15-24)20-17-9-5-6-12-25-21(17)22-18(20)10-7-13-26-22/h5,7,9-10,12-13,16H,3-4,6,8,11,14H2,1-2H3/b20-19+. The fourth-order valence-corrected chi connectivity index (χ4v) is 3.47. The first-order valence-electron chi connectivity index (χ1n) is 9.88. The van der Waals surface area contributed by atoms with E-state index in [0.29, 0.717) is 35.9 Å². The molecule has 3 rings (SSSR count). The molecule has 144 valence electrons. The lowest BCUT2D eigenvalue weighted by Gasteiger charge is -2.12. The largest absolute Gasteiger partial charge is 0.462 e. The second-order valence-electron chi connectivity index (χ2n) is 7.15. The van der Waals surface area contributed by atoms with E-state index in [1.807, 2.05) is 24.4 Å². The smallest absolute Gasteiger partial charge is 0.349 e. The summed E-state index contributed by atoms with van der Waals surface area (Å²) in [6.07, 6.45) is 12.3. The number of ether oxygens (including phenoxy) is 1. The predicted octanol–water partition coefficient (Wildman–Crippen LogP) is 4.87. The van der Waals surface area contributed by atoms with Crippen LogP contribution in [0, 0.1) is 17.2 Å². The van der Waals surface area contributed by atoms with Crippen LogP contribution in [0.2, 0.25) is 0 Å². The lowest BCUT2D eigenvalue weighted by Crippen LogP contribution is -2.12. The van der Waals surface area contributed by atoms with E-state index >= 15 is 0 Å². The van der Waals surface area contributed by atoms with Crippen LogP contribution in [-0.2, 0) is 9.53 Å². The van der Waals surface area contributed by atoms with Crippen LogP contribution in [0.4, 0.5) is 0 Å². The number of fused-ring (bicyclic) bond motifs is 2. The second kappa shape index (κ2) is 9.27. The summed E-state index contributed by atoms with van der Waals surface area (Å²) in [4.78, 5) is 21.6. The average molecular weight is 375 g/mol. The minimum Gasteiger partial charge on any atom is -0.462 e. The highest BCUT2D eigenvalue weighted by Gasteiger charge is 2.31. The zero-order chi connectivity index (χ0) is 19.9. The molecular formula is C23H25N3O2. The van der Waals surface area contributed by atoms with Gasteiger partial charge >= 0.3 is 5.97 Å². The molecule has 2 aliphatic rings. The van der Waals surface area contributed by atoms with Crippen molar-refractivity contribution >= 4 is 23.5 Å². The number of hydrogen-bond donors (Lipinski definition) is 0. The van der Waals surface area contributed by atoms with E-state index in [-0.39, 0.29) is 5.57 Å². The van der Waals surface area contributed by atoms with Gasteiger partial charge in [0.25, 0.3) is 0 Å². The fourth-order valence-electron chi connectivity index (χ4n) is 3.47. The Labute approximate surface area is 166 Å². The van der Waals surface area contributed by atoms with Gasteiger partial charge in [-0.15, -0.1) is 0 Å². The van der Waals surface area contributed by atoms with Crippen LogP contribution >= 0.6 is 0 Å². The molecule has 0 aromatic carbocycles. The number of nitriles is 1. The van der Waals surface area contributed by atoms with Crippen molar-refractivity contribution in [3.8, 4) is 6.07 Å². The molecule has 2 heterocycles. The normalized spacial score (nSPS) is 17.5. The number of allylic oxidation sites excluding steroid dienone is 4. The van der Waals surface area contributed by atoms with E-state index in [9.17, 15) is 10.1 Å². The number of hydrogen-bond acceptors (Lipinski definition) is 5. The molecule has 5 nitrogen and oxygen atoms in total. The third-order valence-electron chi connectivity index (χ3n) is 5.03.